The summed E-state index contributed by atoms with van der Waals surface area (Å²) in [6.45, 7) is 8.95. The van der Waals surface area contributed by atoms with Gasteiger partial charge in [0, 0.05) is 17.8 Å². The largest absolute Gasteiger partial charge is 0.322 e. The molecule has 3 aromatic carbocycles. The minimum absolute atomic E-state index is 0.132. The van der Waals surface area contributed by atoms with Crippen molar-refractivity contribution in [2.24, 2.45) is 0 Å². The van der Waals surface area contributed by atoms with E-state index in [1.54, 1.807) is 12.1 Å². The molecule has 0 radical (unpaired) electrons. The van der Waals surface area contributed by atoms with Crippen LogP contribution in [-0.2, 0) is 16.6 Å². The van der Waals surface area contributed by atoms with Crippen molar-refractivity contribution in [2.45, 2.75) is 32.2 Å². The van der Waals surface area contributed by atoms with Gasteiger partial charge in [-0.25, -0.2) is 8.42 Å². The van der Waals surface area contributed by atoms with Crippen LogP contribution in [0.25, 0.3) is 0 Å². The monoisotopic (exact) mass is 485 g/mol. The van der Waals surface area contributed by atoms with Crippen LogP contribution in [0.4, 0.5) is 11.4 Å². The maximum Gasteiger partial charge on any atom is 0.261 e. The third-order valence-corrected chi connectivity index (χ3v) is 7.01. The van der Waals surface area contributed by atoms with Crippen molar-refractivity contribution in [2.75, 3.05) is 23.1 Å². The van der Waals surface area contributed by atoms with Gasteiger partial charge in [0.2, 0.25) is 0 Å². The van der Waals surface area contributed by atoms with E-state index in [0.29, 0.717) is 11.3 Å². The van der Waals surface area contributed by atoms with Crippen LogP contribution in [0.15, 0.2) is 71.6 Å². The lowest BCUT2D eigenvalue weighted by atomic mass is 10.1. The molecule has 0 aromatic heterocycles. The Hall–Kier alpha value is -2.87. The molecule has 0 fully saturated rings. The van der Waals surface area contributed by atoms with Gasteiger partial charge >= 0.3 is 0 Å². The lowest BCUT2D eigenvalue weighted by Gasteiger charge is -2.18. The van der Waals surface area contributed by atoms with Crippen molar-refractivity contribution < 1.29 is 13.2 Å². The van der Waals surface area contributed by atoms with Gasteiger partial charge in [0.25, 0.3) is 15.9 Å². The first-order valence-electron chi connectivity index (χ1n) is 10.7. The third-order valence-electron chi connectivity index (χ3n) is 5.32. The molecule has 0 spiro atoms. The van der Waals surface area contributed by atoms with E-state index in [1.165, 1.54) is 35.9 Å². The minimum Gasteiger partial charge on any atom is -0.322 e. The molecule has 3 rings (SSSR count). The molecule has 0 heterocycles. The summed E-state index contributed by atoms with van der Waals surface area (Å²) in [7, 11) is -3.79. The van der Waals surface area contributed by atoms with Gasteiger partial charge in [0.05, 0.1) is 15.6 Å². The van der Waals surface area contributed by atoms with Gasteiger partial charge in [0.15, 0.2) is 0 Å². The Labute approximate surface area is 200 Å². The van der Waals surface area contributed by atoms with E-state index in [-0.39, 0.29) is 21.5 Å². The summed E-state index contributed by atoms with van der Waals surface area (Å²) in [5.41, 5.74) is 3.33. The first-order valence-corrected chi connectivity index (χ1v) is 12.6. The Morgan fingerprint density at radius 2 is 1.58 bits per heavy atom. The number of halogens is 1. The number of benzene rings is 3. The Morgan fingerprint density at radius 1 is 0.939 bits per heavy atom. The molecule has 8 heteroatoms. The first kappa shape index (κ1) is 24.8. The van der Waals surface area contributed by atoms with Crippen LogP contribution in [0.2, 0.25) is 5.02 Å². The van der Waals surface area contributed by atoms with E-state index >= 15 is 0 Å². The molecule has 6 nitrogen and oxygen atoms in total. The lowest BCUT2D eigenvalue weighted by Crippen LogP contribution is -2.22. The van der Waals surface area contributed by atoms with Gasteiger partial charge in [-0.15, -0.1) is 0 Å². The van der Waals surface area contributed by atoms with E-state index in [1.807, 2.05) is 31.2 Å². The fraction of sp³-hybridized carbons (Fsp3) is 0.240. The van der Waals surface area contributed by atoms with Gasteiger partial charge in [-0.2, -0.15) is 0 Å². The number of hydrogen-bond donors (Lipinski definition) is 2. The number of sulfonamides is 1. The second kappa shape index (κ2) is 10.8. The van der Waals surface area contributed by atoms with Gasteiger partial charge < -0.3 is 5.32 Å². The molecule has 33 heavy (non-hydrogen) atoms. The molecule has 0 unspecified atom stereocenters. The SMILES string of the molecule is CCN(CC)Cc1ccc(NC(=O)c2ccc(NS(=O)(=O)c3ccc(C)cc3)c(Cl)c2)cc1. The second-order valence-electron chi connectivity index (χ2n) is 7.73. The highest BCUT2D eigenvalue weighted by atomic mass is 35.5. The molecule has 3 aromatic rings. The van der Waals surface area contributed by atoms with Crippen LogP contribution in [0.3, 0.4) is 0 Å². The summed E-state index contributed by atoms with van der Waals surface area (Å²) < 4.78 is 27.7. The van der Waals surface area contributed by atoms with E-state index in [0.717, 1.165) is 25.2 Å². The zero-order chi connectivity index (χ0) is 24.0. The molecule has 1 amide bonds. The topological polar surface area (TPSA) is 78.5 Å². The molecular weight excluding hydrogens is 458 g/mol. The second-order valence-corrected chi connectivity index (χ2v) is 9.82. The number of rotatable bonds is 9. The van der Waals surface area contributed by atoms with Gasteiger partial charge in [-0.1, -0.05) is 55.3 Å². The molecule has 0 saturated carbocycles. The predicted octanol–water partition coefficient (Wildman–Crippen LogP) is 5.54. The van der Waals surface area contributed by atoms with Crippen molar-refractivity contribution >= 4 is 38.9 Å². The number of carbonyl (C=O) groups is 1. The number of nitrogens with zero attached hydrogens (tertiary/aromatic N) is 1. The van der Waals surface area contributed by atoms with Gasteiger partial charge in [0.1, 0.15) is 0 Å². The number of nitrogens with one attached hydrogen (secondary N) is 2. The average Bonchev–Trinajstić information content (AvgIpc) is 2.80. The van der Waals surface area contributed by atoms with Gasteiger partial charge in [-0.3, -0.25) is 14.4 Å². The Bertz CT molecular complexity index is 1210. The van der Waals surface area contributed by atoms with Crippen molar-refractivity contribution in [3.8, 4) is 0 Å². The van der Waals surface area contributed by atoms with Crippen LogP contribution < -0.4 is 10.0 Å². The number of carbonyl (C=O) groups excluding carboxylic acids is 1. The number of aryl methyl sites for hydroxylation is 1. The van der Waals surface area contributed by atoms with Crippen molar-refractivity contribution in [1.29, 1.82) is 0 Å². The predicted molar refractivity (Wildman–Crippen MR) is 134 cm³/mol. The summed E-state index contributed by atoms with van der Waals surface area (Å²) in [6.07, 6.45) is 0. The summed E-state index contributed by atoms with van der Waals surface area (Å²) in [6, 6.07) is 18.7. The fourth-order valence-electron chi connectivity index (χ4n) is 3.26. The van der Waals surface area contributed by atoms with Gasteiger partial charge in [-0.05, 0) is 68.0 Å². The molecule has 0 aliphatic carbocycles. The summed E-state index contributed by atoms with van der Waals surface area (Å²) in [5, 5.41) is 2.98. The smallest absolute Gasteiger partial charge is 0.261 e. The van der Waals surface area contributed by atoms with Crippen molar-refractivity contribution in [3.63, 3.8) is 0 Å². The van der Waals surface area contributed by atoms with E-state index in [2.05, 4.69) is 28.8 Å². The number of anilines is 2. The molecule has 0 atom stereocenters. The normalized spacial score (nSPS) is 11.4. The van der Waals surface area contributed by atoms with Crippen molar-refractivity contribution in [1.82, 2.24) is 4.90 Å². The zero-order valence-corrected chi connectivity index (χ0v) is 20.5. The van der Waals surface area contributed by atoms with Crippen LogP contribution in [-0.4, -0.2) is 32.3 Å². The number of amides is 1. The zero-order valence-electron chi connectivity index (χ0n) is 18.9. The standard InChI is InChI=1S/C25H28ClN3O3S/c1-4-29(5-2)17-19-8-11-21(12-9-19)27-25(30)20-10-15-24(23(26)16-20)28-33(31,32)22-13-6-18(3)7-14-22/h6-16,28H,4-5,17H2,1-3H3,(H,27,30). The van der Waals surface area contributed by atoms with E-state index in [9.17, 15) is 13.2 Å². The molecule has 0 aliphatic heterocycles. The van der Waals surface area contributed by atoms with Crippen LogP contribution in [0.1, 0.15) is 35.3 Å². The molecule has 2 N–H and O–H groups in total. The quantitative estimate of drug-likeness (QED) is 0.417. The highest BCUT2D eigenvalue weighted by Crippen LogP contribution is 2.26. The number of hydrogen-bond acceptors (Lipinski definition) is 4. The van der Waals surface area contributed by atoms with Crippen molar-refractivity contribution in [3.05, 3.63) is 88.4 Å². The molecule has 0 aliphatic rings. The van der Waals surface area contributed by atoms with Crippen LogP contribution >= 0.6 is 11.6 Å². The third kappa shape index (κ3) is 6.57. The maximum absolute atomic E-state index is 12.7. The highest BCUT2D eigenvalue weighted by Gasteiger charge is 2.17. The fourth-order valence-corrected chi connectivity index (χ4v) is 4.63. The van der Waals surface area contributed by atoms with Crippen LogP contribution in [0, 0.1) is 6.92 Å². The highest BCUT2D eigenvalue weighted by molar-refractivity contribution is 7.92. The summed E-state index contributed by atoms with van der Waals surface area (Å²) in [5.74, 6) is -0.332. The Kier molecular flexibility index (Phi) is 8.13. The molecular formula is C25H28ClN3O3S. The molecule has 174 valence electrons. The maximum atomic E-state index is 12.7. The van der Waals surface area contributed by atoms with E-state index in [4.69, 9.17) is 11.6 Å². The Balaban J connectivity index is 1.68. The molecule has 0 saturated heterocycles. The first-order chi connectivity index (χ1) is 15.7. The summed E-state index contributed by atoms with van der Waals surface area (Å²) >= 11 is 6.28. The minimum atomic E-state index is -3.79. The average molecular weight is 486 g/mol. The van der Waals surface area contributed by atoms with E-state index < -0.39 is 10.0 Å². The Morgan fingerprint density at radius 3 is 2.15 bits per heavy atom. The van der Waals surface area contributed by atoms with Crippen LogP contribution in [0.5, 0.6) is 0 Å². The summed E-state index contributed by atoms with van der Waals surface area (Å²) in [4.78, 5) is 15.1. The molecule has 0 bridgehead atoms. The lowest BCUT2D eigenvalue weighted by molar-refractivity contribution is 0.102.